The van der Waals surface area contributed by atoms with Crippen molar-refractivity contribution in [3.05, 3.63) is 23.3 Å². The summed E-state index contributed by atoms with van der Waals surface area (Å²) in [4.78, 5) is 12.6. The molecule has 1 aromatic rings. The van der Waals surface area contributed by atoms with Crippen molar-refractivity contribution in [3.63, 3.8) is 0 Å². The second-order valence-electron chi connectivity index (χ2n) is 4.93. The Morgan fingerprint density at radius 3 is 2.53 bits per heavy atom. The van der Waals surface area contributed by atoms with E-state index in [-0.39, 0.29) is 11.7 Å². The Morgan fingerprint density at radius 2 is 1.95 bits per heavy atom. The van der Waals surface area contributed by atoms with E-state index in [0.29, 0.717) is 11.5 Å². The van der Waals surface area contributed by atoms with E-state index in [0.717, 1.165) is 37.1 Å². The monoisotopic (exact) mass is 263 g/mol. The summed E-state index contributed by atoms with van der Waals surface area (Å²) < 4.78 is 10.5. The van der Waals surface area contributed by atoms with Gasteiger partial charge in [-0.25, -0.2) is 0 Å². The number of nitrogens with one attached hydrogen (secondary N) is 1. The van der Waals surface area contributed by atoms with E-state index in [9.17, 15) is 4.79 Å². The zero-order chi connectivity index (χ0) is 13.8. The third-order valence-corrected chi connectivity index (χ3v) is 3.66. The molecule has 1 atom stereocenters. The summed E-state index contributed by atoms with van der Waals surface area (Å²) >= 11 is 0. The van der Waals surface area contributed by atoms with Crippen LogP contribution in [0.15, 0.2) is 12.1 Å². The molecule has 1 saturated heterocycles. The van der Waals surface area contributed by atoms with E-state index in [4.69, 9.17) is 9.47 Å². The molecular formula is C15H21NO3. The first-order chi connectivity index (χ1) is 9.17. The van der Waals surface area contributed by atoms with Gasteiger partial charge in [0.1, 0.15) is 0 Å². The Bertz CT molecular complexity index is 465. The quantitative estimate of drug-likeness (QED) is 0.846. The summed E-state index contributed by atoms with van der Waals surface area (Å²) in [6.07, 6.45) is 2.02. The minimum atomic E-state index is 0.0746. The number of Topliss-reactive ketones (excluding diaryl/α,β-unsaturated/α-hetero) is 1. The molecule has 0 spiro atoms. The van der Waals surface area contributed by atoms with E-state index in [1.54, 1.807) is 20.3 Å². The first-order valence-corrected chi connectivity index (χ1v) is 6.65. The molecular weight excluding hydrogens is 242 g/mol. The average molecular weight is 263 g/mol. The van der Waals surface area contributed by atoms with E-state index in [2.05, 4.69) is 5.32 Å². The number of carbonyl (C=O) groups is 1. The maximum absolute atomic E-state index is 12.6. The van der Waals surface area contributed by atoms with Gasteiger partial charge in [-0.15, -0.1) is 0 Å². The molecule has 0 saturated carbocycles. The molecule has 4 nitrogen and oxygen atoms in total. The van der Waals surface area contributed by atoms with Crippen LogP contribution in [0.5, 0.6) is 11.5 Å². The van der Waals surface area contributed by atoms with Crippen LogP contribution in [0.1, 0.15) is 28.8 Å². The van der Waals surface area contributed by atoms with Gasteiger partial charge in [-0.05, 0) is 44.0 Å². The van der Waals surface area contributed by atoms with Gasteiger partial charge in [0.2, 0.25) is 0 Å². The topological polar surface area (TPSA) is 47.6 Å². The second kappa shape index (κ2) is 6.06. The van der Waals surface area contributed by atoms with Crippen molar-refractivity contribution in [2.24, 2.45) is 5.92 Å². The first kappa shape index (κ1) is 13.9. The van der Waals surface area contributed by atoms with Gasteiger partial charge in [0, 0.05) is 18.0 Å². The van der Waals surface area contributed by atoms with E-state index in [1.165, 1.54) is 0 Å². The van der Waals surface area contributed by atoms with Crippen LogP contribution in [0.25, 0.3) is 0 Å². The van der Waals surface area contributed by atoms with Crippen molar-refractivity contribution in [3.8, 4) is 11.5 Å². The molecule has 0 aromatic heterocycles. The Morgan fingerprint density at radius 1 is 1.26 bits per heavy atom. The van der Waals surface area contributed by atoms with Crippen LogP contribution in [0, 0.1) is 12.8 Å². The highest BCUT2D eigenvalue weighted by Gasteiger charge is 2.24. The normalized spacial score (nSPS) is 19.0. The van der Waals surface area contributed by atoms with E-state index >= 15 is 0 Å². The average Bonchev–Trinajstić information content (AvgIpc) is 2.47. The summed E-state index contributed by atoms with van der Waals surface area (Å²) in [7, 11) is 3.19. The second-order valence-corrected chi connectivity index (χ2v) is 4.93. The predicted molar refractivity (Wildman–Crippen MR) is 74.2 cm³/mol. The molecule has 0 bridgehead atoms. The van der Waals surface area contributed by atoms with Gasteiger partial charge in [0.15, 0.2) is 17.3 Å². The Hall–Kier alpha value is -1.55. The fourth-order valence-electron chi connectivity index (χ4n) is 2.54. The van der Waals surface area contributed by atoms with Gasteiger partial charge in [-0.2, -0.15) is 0 Å². The molecule has 0 aliphatic carbocycles. The minimum Gasteiger partial charge on any atom is -0.493 e. The van der Waals surface area contributed by atoms with E-state index < -0.39 is 0 Å². The Labute approximate surface area is 114 Å². The predicted octanol–water partition coefficient (Wildman–Crippen LogP) is 2.19. The molecule has 1 aliphatic rings. The van der Waals surface area contributed by atoms with Crippen molar-refractivity contribution in [2.75, 3.05) is 27.3 Å². The first-order valence-electron chi connectivity index (χ1n) is 6.65. The lowest BCUT2D eigenvalue weighted by Crippen LogP contribution is -2.34. The highest BCUT2D eigenvalue weighted by molar-refractivity contribution is 6.00. The van der Waals surface area contributed by atoms with Crippen LogP contribution in [0.2, 0.25) is 0 Å². The highest BCUT2D eigenvalue weighted by Crippen LogP contribution is 2.32. The number of rotatable bonds is 4. The number of ketones is 1. The Kier molecular flexibility index (Phi) is 4.43. The number of ether oxygens (including phenoxy) is 2. The van der Waals surface area contributed by atoms with Crippen LogP contribution in [-0.4, -0.2) is 33.1 Å². The number of hydrogen-bond donors (Lipinski definition) is 1. The maximum atomic E-state index is 12.6. The van der Waals surface area contributed by atoms with Gasteiger partial charge >= 0.3 is 0 Å². The maximum Gasteiger partial charge on any atom is 0.167 e. The molecule has 1 N–H and O–H groups in total. The molecule has 1 aliphatic heterocycles. The molecule has 0 amide bonds. The number of hydrogen-bond acceptors (Lipinski definition) is 4. The summed E-state index contributed by atoms with van der Waals surface area (Å²) in [5, 5.41) is 3.28. The summed E-state index contributed by atoms with van der Waals surface area (Å²) in [5.74, 6) is 1.55. The lowest BCUT2D eigenvalue weighted by Gasteiger charge is -2.22. The summed E-state index contributed by atoms with van der Waals surface area (Å²) in [6, 6.07) is 3.66. The third-order valence-electron chi connectivity index (χ3n) is 3.66. The number of aryl methyl sites for hydroxylation is 1. The molecule has 104 valence electrons. The van der Waals surface area contributed by atoms with Gasteiger partial charge in [-0.3, -0.25) is 4.79 Å². The molecule has 1 heterocycles. The largest absolute Gasteiger partial charge is 0.493 e. The summed E-state index contributed by atoms with van der Waals surface area (Å²) in [6.45, 7) is 3.72. The minimum absolute atomic E-state index is 0.0746. The Balaban J connectivity index is 2.30. The smallest absolute Gasteiger partial charge is 0.167 e. The van der Waals surface area contributed by atoms with Crippen molar-refractivity contribution >= 4 is 5.78 Å². The standard InChI is InChI=1S/C15H21NO3/c1-10-7-13(18-2)14(19-3)8-12(10)15(17)11-5-4-6-16-9-11/h7-8,11,16H,4-6,9H2,1-3H3. The number of piperidine rings is 1. The molecule has 1 aromatic carbocycles. The highest BCUT2D eigenvalue weighted by atomic mass is 16.5. The van der Waals surface area contributed by atoms with Crippen molar-refractivity contribution in [1.82, 2.24) is 5.32 Å². The van der Waals surface area contributed by atoms with Gasteiger partial charge in [0.05, 0.1) is 14.2 Å². The van der Waals surface area contributed by atoms with Gasteiger partial charge < -0.3 is 14.8 Å². The molecule has 1 fully saturated rings. The zero-order valence-corrected chi connectivity index (χ0v) is 11.8. The van der Waals surface area contributed by atoms with Crippen LogP contribution in [0.3, 0.4) is 0 Å². The number of benzene rings is 1. The van der Waals surface area contributed by atoms with Crippen molar-refractivity contribution in [2.45, 2.75) is 19.8 Å². The van der Waals surface area contributed by atoms with Crippen LogP contribution < -0.4 is 14.8 Å². The van der Waals surface area contributed by atoms with Crippen LogP contribution >= 0.6 is 0 Å². The molecule has 2 rings (SSSR count). The SMILES string of the molecule is COc1cc(C)c(C(=O)C2CCCNC2)cc1OC. The van der Waals surface area contributed by atoms with E-state index in [1.807, 2.05) is 13.0 Å². The summed E-state index contributed by atoms with van der Waals surface area (Å²) in [5.41, 5.74) is 1.68. The lowest BCUT2D eigenvalue weighted by molar-refractivity contribution is 0.0898. The van der Waals surface area contributed by atoms with Crippen LogP contribution in [-0.2, 0) is 0 Å². The number of carbonyl (C=O) groups excluding carboxylic acids is 1. The van der Waals surface area contributed by atoms with Gasteiger partial charge in [-0.1, -0.05) is 0 Å². The third kappa shape index (κ3) is 2.89. The fourth-order valence-corrected chi connectivity index (χ4v) is 2.54. The van der Waals surface area contributed by atoms with Crippen molar-refractivity contribution < 1.29 is 14.3 Å². The molecule has 0 radical (unpaired) electrons. The fraction of sp³-hybridized carbons (Fsp3) is 0.533. The lowest BCUT2D eigenvalue weighted by atomic mass is 9.89. The zero-order valence-electron chi connectivity index (χ0n) is 11.8. The van der Waals surface area contributed by atoms with Gasteiger partial charge in [0.25, 0.3) is 0 Å². The molecule has 19 heavy (non-hydrogen) atoms. The van der Waals surface area contributed by atoms with Crippen LogP contribution in [0.4, 0.5) is 0 Å². The van der Waals surface area contributed by atoms with Crippen molar-refractivity contribution in [1.29, 1.82) is 0 Å². The molecule has 1 unspecified atom stereocenters. The number of methoxy groups -OCH3 is 2. The molecule has 4 heteroatoms.